The Balaban J connectivity index is 2.45. The van der Waals surface area contributed by atoms with Gasteiger partial charge in [0, 0.05) is 11.6 Å². The van der Waals surface area contributed by atoms with Crippen molar-refractivity contribution in [2.45, 2.75) is 25.3 Å². The molecule has 0 radical (unpaired) electrons. The lowest BCUT2D eigenvalue weighted by Crippen LogP contribution is -2.10. The van der Waals surface area contributed by atoms with Crippen LogP contribution in [0.5, 0.6) is 0 Å². The van der Waals surface area contributed by atoms with Gasteiger partial charge in [-0.2, -0.15) is 0 Å². The average molecular weight is 301 g/mol. The summed E-state index contributed by atoms with van der Waals surface area (Å²) in [7, 11) is 1.37. The Bertz CT molecular complexity index is 608. The molecule has 2 rings (SSSR count). The zero-order valence-electron chi connectivity index (χ0n) is 10.7. The van der Waals surface area contributed by atoms with Crippen LogP contribution in [-0.2, 0) is 16.1 Å². The Hall–Kier alpha value is -1.26. The number of imidazole rings is 1. The molecule has 1 heterocycles. The lowest BCUT2D eigenvalue weighted by molar-refractivity contribution is -0.140. The highest BCUT2D eigenvalue weighted by Gasteiger charge is 2.16. The molecule has 0 aliphatic carbocycles. The minimum Gasteiger partial charge on any atom is -0.469 e. The van der Waals surface area contributed by atoms with E-state index in [9.17, 15) is 4.79 Å². The summed E-state index contributed by atoms with van der Waals surface area (Å²) in [5, 5.41) is 0.379. The number of hydrogen-bond acceptors (Lipinski definition) is 3. The van der Waals surface area contributed by atoms with Gasteiger partial charge in [0.1, 0.15) is 5.82 Å². The van der Waals surface area contributed by atoms with Crippen LogP contribution in [0.2, 0.25) is 5.02 Å². The van der Waals surface area contributed by atoms with E-state index in [-0.39, 0.29) is 17.8 Å². The van der Waals surface area contributed by atoms with Gasteiger partial charge in [0.05, 0.1) is 29.9 Å². The summed E-state index contributed by atoms with van der Waals surface area (Å²) >= 11 is 12.1. The van der Waals surface area contributed by atoms with Gasteiger partial charge in [0.15, 0.2) is 0 Å². The molecule has 0 saturated carbocycles. The number of esters is 1. The molecule has 0 N–H and O–H groups in total. The van der Waals surface area contributed by atoms with Gasteiger partial charge in [-0.15, -0.1) is 11.6 Å². The quantitative estimate of drug-likeness (QED) is 0.640. The normalized spacial score (nSPS) is 12.6. The second kappa shape index (κ2) is 5.80. The third-order valence-corrected chi connectivity index (χ3v) is 3.29. The number of methoxy groups -OCH3 is 1. The molecule has 2 aromatic rings. The third-order valence-electron chi connectivity index (χ3n) is 2.86. The molecule has 0 saturated heterocycles. The van der Waals surface area contributed by atoms with Crippen LogP contribution in [0.15, 0.2) is 18.2 Å². The van der Waals surface area contributed by atoms with Crippen LogP contribution >= 0.6 is 23.2 Å². The molecule has 0 aliphatic rings. The van der Waals surface area contributed by atoms with Gasteiger partial charge in [-0.25, -0.2) is 4.98 Å². The number of aromatic nitrogens is 2. The second-order valence-corrected chi connectivity index (χ2v) is 5.29. The molecule has 0 spiro atoms. The van der Waals surface area contributed by atoms with Crippen LogP contribution in [0.1, 0.15) is 24.5 Å². The predicted octanol–water partition coefficient (Wildman–Crippen LogP) is 3.55. The second-order valence-electron chi connectivity index (χ2n) is 4.20. The Labute approximate surface area is 121 Å². The first kappa shape index (κ1) is 14.2. The van der Waals surface area contributed by atoms with Crippen LogP contribution in [0.4, 0.5) is 0 Å². The summed E-state index contributed by atoms with van der Waals surface area (Å²) in [6, 6.07) is 5.45. The van der Waals surface area contributed by atoms with E-state index in [2.05, 4.69) is 9.72 Å². The van der Waals surface area contributed by atoms with E-state index in [1.807, 2.05) is 23.6 Å². The van der Waals surface area contributed by atoms with E-state index in [0.29, 0.717) is 11.6 Å². The molecule has 0 aliphatic heterocycles. The first-order valence-electron chi connectivity index (χ1n) is 5.89. The minimum absolute atomic E-state index is 0.246. The number of rotatable bonds is 4. The molecule has 1 unspecified atom stereocenters. The largest absolute Gasteiger partial charge is 0.469 e. The fourth-order valence-electron chi connectivity index (χ4n) is 1.96. The molecule has 0 bridgehead atoms. The van der Waals surface area contributed by atoms with Crippen molar-refractivity contribution in [3.05, 3.63) is 29.0 Å². The van der Waals surface area contributed by atoms with Gasteiger partial charge < -0.3 is 9.30 Å². The van der Waals surface area contributed by atoms with Gasteiger partial charge in [-0.3, -0.25) is 4.79 Å². The number of halogens is 2. The average Bonchev–Trinajstić information content (AvgIpc) is 2.74. The van der Waals surface area contributed by atoms with Crippen molar-refractivity contribution < 1.29 is 9.53 Å². The van der Waals surface area contributed by atoms with Crippen LogP contribution in [0.3, 0.4) is 0 Å². The van der Waals surface area contributed by atoms with E-state index in [1.165, 1.54) is 7.11 Å². The van der Waals surface area contributed by atoms with Crippen molar-refractivity contribution in [2.75, 3.05) is 7.11 Å². The molecule has 6 heteroatoms. The summed E-state index contributed by atoms with van der Waals surface area (Å²) in [5.74, 6) is 0.458. The number of alkyl halides is 1. The molecule has 1 atom stereocenters. The molecule has 0 fully saturated rings. The van der Waals surface area contributed by atoms with E-state index >= 15 is 0 Å². The van der Waals surface area contributed by atoms with Gasteiger partial charge in [-0.05, 0) is 25.1 Å². The highest BCUT2D eigenvalue weighted by Crippen LogP contribution is 2.26. The summed E-state index contributed by atoms with van der Waals surface area (Å²) in [6.45, 7) is 2.31. The number of nitrogens with zero attached hydrogens (tertiary/aromatic N) is 2. The zero-order valence-corrected chi connectivity index (χ0v) is 12.2. The highest BCUT2D eigenvalue weighted by molar-refractivity contribution is 6.31. The minimum atomic E-state index is -0.267. The van der Waals surface area contributed by atoms with E-state index in [4.69, 9.17) is 23.2 Å². The topological polar surface area (TPSA) is 44.1 Å². The van der Waals surface area contributed by atoms with Crippen molar-refractivity contribution in [3.8, 4) is 0 Å². The maximum atomic E-state index is 11.3. The van der Waals surface area contributed by atoms with Crippen molar-refractivity contribution in [3.63, 3.8) is 0 Å². The standard InChI is InChI=1S/C13H14Cl2N2O2/c1-8(14)13-16-10-4-3-9(15)7-11(10)17(13)6-5-12(18)19-2/h3-4,7-8H,5-6H2,1-2H3. The van der Waals surface area contributed by atoms with Crippen LogP contribution in [0, 0.1) is 0 Å². The Morgan fingerprint density at radius 2 is 2.26 bits per heavy atom. The number of ether oxygens (including phenoxy) is 1. The first-order valence-corrected chi connectivity index (χ1v) is 6.71. The fourth-order valence-corrected chi connectivity index (χ4v) is 2.29. The molecule has 4 nitrogen and oxygen atoms in total. The van der Waals surface area contributed by atoms with Crippen LogP contribution in [-0.4, -0.2) is 22.6 Å². The lowest BCUT2D eigenvalue weighted by Gasteiger charge is -2.09. The molecule has 0 amide bonds. The SMILES string of the molecule is COC(=O)CCn1c(C(C)Cl)nc2ccc(Cl)cc21. The maximum Gasteiger partial charge on any atom is 0.307 e. The smallest absolute Gasteiger partial charge is 0.307 e. The highest BCUT2D eigenvalue weighted by atomic mass is 35.5. The van der Waals surface area contributed by atoms with Crippen molar-refractivity contribution in [2.24, 2.45) is 0 Å². The molecule has 102 valence electrons. The monoisotopic (exact) mass is 300 g/mol. The summed E-state index contributed by atoms with van der Waals surface area (Å²) < 4.78 is 6.57. The molecule has 19 heavy (non-hydrogen) atoms. The Morgan fingerprint density at radius 1 is 1.53 bits per heavy atom. The number of aryl methyl sites for hydroxylation is 1. The van der Waals surface area contributed by atoms with Crippen LogP contribution in [0.25, 0.3) is 11.0 Å². The van der Waals surface area contributed by atoms with E-state index in [1.54, 1.807) is 6.07 Å². The Morgan fingerprint density at radius 3 is 2.89 bits per heavy atom. The van der Waals surface area contributed by atoms with Crippen LogP contribution < -0.4 is 0 Å². The number of hydrogen-bond donors (Lipinski definition) is 0. The molecular weight excluding hydrogens is 287 g/mol. The van der Waals surface area contributed by atoms with Crippen molar-refractivity contribution in [1.82, 2.24) is 9.55 Å². The van der Waals surface area contributed by atoms with Crippen molar-refractivity contribution >= 4 is 40.2 Å². The number of carbonyl (C=O) groups excluding carboxylic acids is 1. The molecular formula is C13H14Cl2N2O2. The molecule has 1 aromatic carbocycles. The molecule has 1 aromatic heterocycles. The maximum absolute atomic E-state index is 11.3. The van der Waals surface area contributed by atoms with Crippen molar-refractivity contribution in [1.29, 1.82) is 0 Å². The number of fused-ring (bicyclic) bond motifs is 1. The van der Waals surface area contributed by atoms with Gasteiger partial charge in [0.25, 0.3) is 0 Å². The fraction of sp³-hybridized carbons (Fsp3) is 0.385. The summed E-state index contributed by atoms with van der Waals surface area (Å²) in [4.78, 5) is 15.8. The first-order chi connectivity index (χ1) is 9.02. The predicted molar refractivity (Wildman–Crippen MR) is 75.6 cm³/mol. The lowest BCUT2D eigenvalue weighted by atomic mass is 10.3. The summed E-state index contributed by atoms with van der Waals surface area (Å²) in [6.07, 6.45) is 0.269. The zero-order chi connectivity index (χ0) is 14.0. The summed E-state index contributed by atoms with van der Waals surface area (Å²) in [5.41, 5.74) is 1.69. The van der Waals surface area contributed by atoms with Gasteiger partial charge >= 0.3 is 5.97 Å². The number of carbonyl (C=O) groups is 1. The van der Waals surface area contributed by atoms with E-state index < -0.39 is 0 Å². The Kier molecular flexibility index (Phi) is 4.32. The van der Waals surface area contributed by atoms with E-state index in [0.717, 1.165) is 16.9 Å². The third kappa shape index (κ3) is 3.01. The number of benzene rings is 1. The van der Waals surface area contributed by atoms with Gasteiger partial charge in [0.2, 0.25) is 0 Å². The van der Waals surface area contributed by atoms with Gasteiger partial charge in [-0.1, -0.05) is 11.6 Å².